The van der Waals surface area contributed by atoms with Crippen LogP contribution in [0.1, 0.15) is 12.0 Å². The standard InChI is InChI=1S/C18H19N3O2S/c1-14-3-7-16(8-4-14)23-12-2-11-20-18(22)21-15-5-9-17(10-6-15)24-13-19/h3-10H,2,11-12H2,1H3,(H2,20,21,22). The Hall–Kier alpha value is -2.65. The molecule has 0 spiro atoms. The molecule has 0 heterocycles. The van der Waals surface area contributed by atoms with Crippen LogP contribution in [-0.2, 0) is 0 Å². The van der Waals surface area contributed by atoms with Crippen LogP contribution in [0.15, 0.2) is 53.4 Å². The van der Waals surface area contributed by atoms with Crippen molar-refractivity contribution in [3.63, 3.8) is 0 Å². The van der Waals surface area contributed by atoms with Crippen molar-refractivity contribution in [2.75, 3.05) is 18.5 Å². The maximum atomic E-state index is 11.8. The fourth-order valence-electron chi connectivity index (χ4n) is 1.93. The van der Waals surface area contributed by atoms with Gasteiger partial charge in [0.1, 0.15) is 11.2 Å². The van der Waals surface area contributed by atoms with Crippen molar-refractivity contribution in [2.45, 2.75) is 18.2 Å². The Kier molecular flexibility index (Phi) is 6.99. The zero-order valence-electron chi connectivity index (χ0n) is 13.4. The Bertz CT molecular complexity index is 694. The lowest BCUT2D eigenvalue weighted by atomic mass is 10.2. The van der Waals surface area contributed by atoms with Crippen molar-refractivity contribution in [3.8, 4) is 11.2 Å². The summed E-state index contributed by atoms with van der Waals surface area (Å²) in [5, 5.41) is 16.1. The first-order valence-corrected chi connectivity index (χ1v) is 8.39. The van der Waals surface area contributed by atoms with E-state index in [0.29, 0.717) is 18.8 Å². The fourth-order valence-corrected chi connectivity index (χ4v) is 2.31. The Morgan fingerprint density at radius 3 is 2.54 bits per heavy atom. The number of thioether (sulfide) groups is 1. The number of anilines is 1. The number of nitriles is 1. The minimum absolute atomic E-state index is 0.258. The van der Waals surface area contributed by atoms with E-state index in [2.05, 4.69) is 10.6 Å². The summed E-state index contributed by atoms with van der Waals surface area (Å²) in [5.41, 5.74) is 1.88. The van der Waals surface area contributed by atoms with E-state index in [9.17, 15) is 4.79 Å². The average Bonchev–Trinajstić information content (AvgIpc) is 2.58. The molecule has 2 N–H and O–H groups in total. The Morgan fingerprint density at radius 2 is 1.88 bits per heavy atom. The van der Waals surface area contributed by atoms with E-state index in [1.54, 1.807) is 24.3 Å². The molecule has 0 aliphatic rings. The van der Waals surface area contributed by atoms with Gasteiger partial charge < -0.3 is 15.4 Å². The van der Waals surface area contributed by atoms with Gasteiger partial charge in [-0.2, -0.15) is 5.26 Å². The second-order valence-electron chi connectivity index (χ2n) is 5.11. The topological polar surface area (TPSA) is 74.2 Å². The zero-order chi connectivity index (χ0) is 17.2. The van der Waals surface area contributed by atoms with Gasteiger partial charge >= 0.3 is 6.03 Å². The monoisotopic (exact) mass is 341 g/mol. The number of ether oxygens (including phenoxy) is 1. The maximum absolute atomic E-state index is 11.8. The smallest absolute Gasteiger partial charge is 0.319 e. The maximum Gasteiger partial charge on any atom is 0.319 e. The van der Waals surface area contributed by atoms with Gasteiger partial charge in [0.2, 0.25) is 0 Å². The number of aryl methyl sites for hydroxylation is 1. The van der Waals surface area contributed by atoms with E-state index < -0.39 is 0 Å². The molecular weight excluding hydrogens is 322 g/mol. The number of nitrogens with zero attached hydrogens (tertiary/aromatic N) is 1. The third kappa shape index (κ3) is 6.23. The number of amides is 2. The highest BCUT2D eigenvalue weighted by molar-refractivity contribution is 8.03. The van der Waals surface area contributed by atoms with E-state index in [4.69, 9.17) is 10.00 Å². The van der Waals surface area contributed by atoms with E-state index in [-0.39, 0.29) is 6.03 Å². The molecule has 0 aromatic heterocycles. The molecule has 0 atom stereocenters. The number of nitrogens with one attached hydrogen (secondary N) is 2. The number of hydrogen-bond donors (Lipinski definition) is 2. The second-order valence-corrected chi connectivity index (χ2v) is 5.97. The normalized spacial score (nSPS) is 9.83. The van der Waals surface area contributed by atoms with Crippen molar-refractivity contribution in [2.24, 2.45) is 0 Å². The van der Waals surface area contributed by atoms with Crippen LogP contribution in [0.2, 0.25) is 0 Å². The van der Waals surface area contributed by atoms with E-state index in [1.807, 2.05) is 36.6 Å². The van der Waals surface area contributed by atoms with Gasteiger partial charge in [0.25, 0.3) is 0 Å². The van der Waals surface area contributed by atoms with Crippen molar-refractivity contribution in [3.05, 3.63) is 54.1 Å². The zero-order valence-corrected chi connectivity index (χ0v) is 14.2. The quantitative estimate of drug-likeness (QED) is 0.450. The molecule has 5 nitrogen and oxygen atoms in total. The molecule has 0 aliphatic carbocycles. The lowest BCUT2D eigenvalue weighted by Gasteiger charge is -2.09. The van der Waals surface area contributed by atoms with E-state index in [0.717, 1.165) is 28.8 Å². The molecule has 0 aliphatic heterocycles. The van der Waals surface area contributed by atoms with Crippen molar-refractivity contribution < 1.29 is 9.53 Å². The Morgan fingerprint density at radius 1 is 1.17 bits per heavy atom. The van der Waals surface area contributed by atoms with Crippen LogP contribution < -0.4 is 15.4 Å². The number of carbonyl (C=O) groups excluding carboxylic acids is 1. The van der Waals surface area contributed by atoms with Crippen molar-refractivity contribution >= 4 is 23.5 Å². The summed E-state index contributed by atoms with van der Waals surface area (Å²) in [6, 6.07) is 14.7. The molecule has 2 aromatic rings. The Balaban J connectivity index is 1.62. The fraction of sp³-hybridized carbons (Fsp3) is 0.222. The van der Waals surface area contributed by atoms with Gasteiger partial charge in [0.05, 0.1) is 6.61 Å². The minimum Gasteiger partial charge on any atom is -0.494 e. The molecule has 0 saturated heterocycles. The number of urea groups is 1. The first-order valence-electron chi connectivity index (χ1n) is 7.58. The molecule has 0 unspecified atom stereocenters. The molecular formula is C18H19N3O2S. The van der Waals surface area contributed by atoms with Crippen LogP contribution in [-0.4, -0.2) is 19.2 Å². The minimum atomic E-state index is -0.258. The van der Waals surface area contributed by atoms with Gasteiger partial charge in [-0.25, -0.2) is 4.79 Å². The van der Waals surface area contributed by atoms with Crippen LogP contribution in [0.4, 0.5) is 10.5 Å². The van der Waals surface area contributed by atoms with Gasteiger partial charge in [-0.1, -0.05) is 17.7 Å². The number of carbonyl (C=O) groups is 1. The third-order valence-corrected chi connectivity index (χ3v) is 3.77. The number of benzene rings is 2. The lowest BCUT2D eigenvalue weighted by Crippen LogP contribution is -2.30. The van der Waals surface area contributed by atoms with Crippen LogP contribution in [0, 0.1) is 17.6 Å². The highest BCUT2D eigenvalue weighted by atomic mass is 32.2. The summed E-state index contributed by atoms with van der Waals surface area (Å²) >= 11 is 1.08. The largest absolute Gasteiger partial charge is 0.494 e. The van der Waals surface area contributed by atoms with Gasteiger partial charge in [0.15, 0.2) is 0 Å². The second kappa shape index (κ2) is 9.48. The molecule has 0 fully saturated rings. The third-order valence-electron chi connectivity index (χ3n) is 3.17. The van der Waals surface area contributed by atoms with Gasteiger partial charge in [-0.15, -0.1) is 0 Å². The molecule has 0 saturated carbocycles. The summed E-state index contributed by atoms with van der Waals surface area (Å²) < 4.78 is 5.60. The number of rotatable bonds is 7. The Labute approximate surface area is 146 Å². The molecule has 124 valence electrons. The van der Waals surface area contributed by atoms with E-state index >= 15 is 0 Å². The molecule has 2 rings (SSSR count). The molecule has 0 bridgehead atoms. The van der Waals surface area contributed by atoms with Crippen LogP contribution in [0.5, 0.6) is 5.75 Å². The number of hydrogen-bond acceptors (Lipinski definition) is 4. The SMILES string of the molecule is Cc1ccc(OCCCNC(=O)Nc2ccc(SC#N)cc2)cc1. The predicted molar refractivity (Wildman–Crippen MR) is 96.2 cm³/mol. The highest BCUT2D eigenvalue weighted by Gasteiger charge is 2.01. The van der Waals surface area contributed by atoms with Gasteiger partial charge in [0, 0.05) is 17.1 Å². The van der Waals surface area contributed by atoms with E-state index in [1.165, 1.54) is 5.56 Å². The lowest BCUT2D eigenvalue weighted by molar-refractivity contribution is 0.250. The highest BCUT2D eigenvalue weighted by Crippen LogP contribution is 2.18. The van der Waals surface area contributed by atoms with Gasteiger partial charge in [-0.3, -0.25) is 0 Å². The summed E-state index contributed by atoms with van der Waals surface area (Å²) in [6.45, 7) is 3.10. The first kappa shape index (κ1) is 17.7. The summed E-state index contributed by atoms with van der Waals surface area (Å²) in [7, 11) is 0. The number of thiocyanates is 1. The van der Waals surface area contributed by atoms with Crippen molar-refractivity contribution in [1.82, 2.24) is 5.32 Å². The molecule has 24 heavy (non-hydrogen) atoms. The summed E-state index contributed by atoms with van der Waals surface area (Å²) in [5.74, 6) is 0.834. The van der Waals surface area contributed by atoms with Crippen LogP contribution in [0.3, 0.4) is 0 Å². The molecule has 6 heteroatoms. The van der Waals surface area contributed by atoms with Crippen LogP contribution >= 0.6 is 11.8 Å². The first-order chi connectivity index (χ1) is 11.7. The summed E-state index contributed by atoms with van der Waals surface area (Å²) in [6.07, 6.45) is 0.721. The average molecular weight is 341 g/mol. The molecule has 2 amide bonds. The van der Waals surface area contributed by atoms with Crippen LogP contribution in [0.25, 0.3) is 0 Å². The molecule has 0 radical (unpaired) electrons. The van der Waals surface area contributed by atoms with Gasteiger partial charge in [-0.05, 0) is 61.5 Å². The summed E-state index contributed by atoms with van der Waals surface area (Å²) in [4.78, 5) is 12.6. The predicted octanol–water partition coefficient (Wildman–Crippen LogP) is 4.16. The van der Waals surface area contributed by atoms with Crippen molar-refractivity contribution in [1.29, 1.82) is 5.26 Å². The molecule has 2 aromatic carbocycles.